The van der Waals surface area contributed by atoms with E-state index in [0.29, 0.717) is 5.76 Å². The number of fused-ring (bicyclic) bond motifs is 1. The second-order valence-corrected chi connectivity index (χ2v) is 7.65. The highest BCUT2D eigenvalue weighted by molar-refractivity contribution is 5.96. The molecule has 0 saturated carbocycles. The van der Waals surface area contributed by atoms with Crippen LogP contribution in [0.25, 0.3) is 22.3 Å². The van der Waals surface area contributed by atoms with Gasteiger partial charge in [0, 0.05) is 17.3 Å². The van der Waals surface area contributed by atoms with Gasteiger partial charge in [-0.25, -0.2) is 13.2 Å². The van der Waals surface area contributed by atoms with E-state index in [4.69, 9.17) is 9.15 Å². The first-order valence-corrected chi connectivity index (χ1v) is 10.2. The third-order valence-corrected chi connectivity index (χ3v) is 5.24. The summed E-state index contributed by atoms with van der Waals surface area (Å²) in [5, 5.41) is 2.51. The summed E-state index contributed by atoms with van der Waals surface area (Å²) in [6, 6.07) is 12.8. The summed E-state index contributed by atoms with van der Waals surface area (Å²) < 4.78 is 78.1. The monoisotopic (exact) mass is 489 g/mol. The smallest absolute Gasteiger partial charge is 0.265 e. The van der Waals surface area contributed by atoms with Gasteiger partial charge in [-0.05, 0) is 37.6 Å². The van der Waals surface area contributed by atoms with Crippen LogP contribution in [0.15, 0.2) is 57.7 Å². The number of nitrogens with one attached hydrogen (secondary N) is 1. The lowest BCUT2D eigenvalue weighted by molar-refractivity contribution is -0.122. The van der Waals surface area contributed by atoms with Gasteiger partial charge in [-0.15, -0.1) is 0 Å². The minimum atomic E-state index is -2.34. The van der Waals surface area contributed by atoms with Crippen LogP contribution in [0.3, 0.4) is 0 Å². The molecule has 0 aliphatic rings. The fraction of sp³-hybridized carbons (Fsp3) is 0.120. The Morgan fingerprint density at radius 2 is 1.54 bits per heavy atom. The van der Waals surface area contributed by atoms with Gasteiger partial charge in [0.1, 0.15) is 11.3 Å². The molecule has 1 heterocycles. The minimum Gasteiger partial charge on any atom is -0.474 e. The van der Waals surface area contributed by atoms with Crippen molar-refractivity contribution in [3.05, 3.63) is 93.4 Å². The van der Waals surface area contributed by atoms with E-state index in [9.17, 15) is 31.5 Å². The standard InChI is InChI=1S/C25H16F5NO4/c1-11-5-3-4-6-14(11)18-10-16(32)15-9-13(7-8-17(15)35-18)31-25(33)12(2)34-24-22(29)20(27)19(26)21(28)23(24)30/h3-10,12H,1-2H3,(H,31,33). The molecule has 4 rings (SSSR count). The number of anilines is 1. The molecule has 180 valence electrons. The van der Waals surface area contributed by atoms with Crippen LogP contribution in [0.4, 0.5) is 27.6 Å². The predicted octanol–water partition coefficient (Wildman–Crippen LogP) is 5.87. The maximum absolute atomic E-state index is 13.8. The molecule has 3 aromatic carbocycles. The van der Waals surface area contributed by atoms with Crippen molar-refractivity contribution in [3.63, 3.8) is 0 Å². The Bertz CT molecular complexity index is 1500. The highest BCUT2D eigenvalue weighted by Gasteiger charge is 2.29. The van der Waals surface area contributed by atoms with Gasteiger partial charge in [0.25, 0.3) is 5.91 Å². The van der Waals surface area contributed by atoms with Crippen LogP contribution in [0.1, 0.15) is 12.5 Å². The number of rotatable bonds is 5. The Balaban J connectivity index is 1.58. The maximum Gasteiger partial charge on any atom is 0.265 e. The number of hydrogen-bond acceptors (Lipinski definition) is 4. The molecule has 1 unspecified atom stereocenters. The Morgan fingerprint density at radius 1 is 0.914 bits per heavy atom. The van der Waals surface area contributed by atoms with E-state index in [1.807, 2.05) is 19.1 Å². The molecule has 4 aromatic rings. The van der Waals surface area contributed by atoms with Crippen molar-refractivity contribution in [2.75, 3.05) is 5.32 Å². The van der Waals surface area contributed by atoms with Gasteiger partial charge in [-0.3, -0.25) is 9.59 Å². The van der Waals surface area contributed by atoms with Gasteiger partial charge in [-0.1, -0.05) is 24.3 Å². The molecule has 0 bridgehead atoms. The van der Waals surface area contributed by atoms with Crippen molar-refractivity contribution in [1.29, 1.82) is 0 Å². The van der Waals surface area contributed by atoms with Crippen molar-refractivity contribution in [1.82, 2.24) is 0 Å². The number of benzene rings is 3. The minimum absolute atomic E-state index is 0.117. The molecular weight excluding hydrogens is 473 g/mol. The van der Waals surface area contributed by atoms with Gasteiger partial charge in [0.15, 0.2) is 17.3 Å². The Labute approximate surface area is 194 Å². The summed E-state index contributed by atoms with van der Waals surface area (Å²) >= 11 is 0. The summed E-state index contributed by atoms with van der Waals surface area (Å²) in [6.45, 7) is 2.92. The van der Waals surface area contributed by atoms with Crippen LogP contribution < -0.4 is 15.5 Å². The lowest BCUT2D eigenvalue weighted by atomic mass is 10.1. The average molecular weight is 489 g/mol. The molecule has 1 N–H and O–H groups in total. The van der Waals surface area contributed by atoms with Crippen LogP contribution in [0.5, 0.6) is 5.75 Å². The van der Waals surface area contributed by atoms with Crippen molar-refractivity contribution >= 4 is 22.6 Å². The Morgan fingerprint density at radius 3 is 2.20 bits per heavy atom. The van der Waals surface area contributed by atoms with Gasteiger partial charge in [0.2, 0.25) is 29.1 Å². The highest BCUT2D eigenvalue weighted by Crippen LogP contribution is 2.30. The second kappa shape index (κ2) is 9.21. The molecular formula is C25H16F5NO4. The molecule has 1 atom stereocenters. The number of carbonyl (C=O) groups excluding carboxylic acids is 1. The van der Waals surface area contributed by atoms with E-state index in [1.54, 1.807) is 12.1 Å². The first-order chi connectivity index (χ1) is 16.6. The fourth-order valence-corrected chi connectivity index (χ4v) is 3.38. The summed E-state index contributed by atoms with van der Waals surface area (Å²) in [5.74, 6) is -13.3. The normalized spacial score (nSPS) is 12.0. The van der Waals surface area contributed by atoms with Gasteiger partial charge >= 0.3 is 0 Å². The molecule has 10 heteroatoms. The molecule has 0 aliphatic heterocycles. The van der Waals surface area contributed by atoms with E-state index >= 15 is 0 Å². The van der Waals surface area contributed by atoms with E-state index in [0.717, 1.165) is 18.1 Å². The molecule has 1 amide bonds. The number of ether oxygens (including phenoxy) is 1. The zero-order valence-electron chi connectivity index (χ0n) is 18.2. The number of aryl methyl sites for hydroxylation is 1. The van der Waals surface area contributed by atoms with E-state index in [1.165, 1.54) is 24.3 Å². The third kappa shape index (κ3) is 4.46. The fourth-order valence-electron chi connectivity index (χ4n) is 3.38. The van der Waals surface area contributed by atoms with Crippen molar-refractivity contribution in [2.24, 2.45) is 0 Å². The lowest BCUT2D eigenvalue weighted by Crippen LogP contribution is -2.31. The summed E-state index contributed by atoms with van der Waals surface area (Å²) in [6.07, 6.45) is -1.65. The number of amides is 1. The third-order valence-electron chi connectivity index (χ3n) is 5.24. The summed E-state index contributed by atoms with van der Waals surface area (Å²) in [4.78, 5) is 25.1. The SMILES string of the molecule is Cc1ccccc1-c1cc(=O)c2cc(NC(=O)C(C)Oc3c(F)c(F)c(F)c(F)c3F)ccc2o1. The van der Waals surface area contributed by atoms with Crippen molar-refractivity contribution in [3.8, 4) is 17.1 Å². The van der Waals surface area contributed by atoms with Crippen LogP contribution in [-0.2, 0) is 4.79 Å². The lowest BCUT2D eigenvalue weighted by Gasteiger charge is -2.16. The maximum atomic E-state index is 13.8. The van der Waals surface area contributed by atoms with Gasteiger partial charge in [0.05, 0.1) is 5.39 Å². The largest absolute Gasteiger partial charge is 0.474 e. The Kier molecular flexibility index (Phi) is 6.29. The number of halogens is 5. The molecule has 5 nitrogen and oxygen atoms in total. The first kappa shape index (κ1) is 23.9. The molecule has 1 aromatic heterocycles. The van der Waals surface area contributed by atoms with Crippen LogP contribution in [-0.4, -0.2) is 12.0 Å². The number of hydrogen-bond donors (Lipinski definition) is 1. The zero-order chi connectivity index (χ0) is 25.4. The first-order valence-electron chi connectivity index (χ1n) is 10.2. The summed E-state index contributed by atoms with van der Waals surface area (Å²) in [5.41, 5.74) is 1.63. The van der Waals surface area contributed by atoms with E-state index < -0.39 is 46.8 Å². The molecule has 35 heavy (non-hydrogen) atoms. The van der Waals surface area contributed by atoms with Gasteiger partial charge < -0.3 is 14.5 Å². The van der Waals surface area contributed by atoms with Crippen molar-refractivity contribution < 1.29 is 35.9 Å². The second-order valence-electron chi connectivity index (χ2n) is 7.65. The van der Waals surface area contributed by atoms with E-state index in [2.05, 4.69) is 5.32 Å². The molecule has 0 radical (unpaired) electrons. The topological polar surface area (TPSA) is 68.5 Å². The van der Waals surface area contributed by atoms with Crippen LogP contribution in [0, 0.1) is 36.0 Å². The molecule has 0 spiro atoms. The average Bonchev–Trinajstić information content (AvgIpc) is 2.84. The predicted molar refractivity (Wildman–Crippen MR) is 118 cm³/mol. The van der Waals surface area contributed by atoms with Crippen LogP contribution in [0.2, 0.25) is 0 Å². The number of carbonyl (C=O) groups is 1. The van der Waals surface area contributed by atoms with Crippen molar-refractivity contribution in [2.45, 2.75) is 20.0 Å². The highest BCUT2D eigenvalue weighted by atomic mass is 19.2. The molecule has 0 fully saturated rings. The quantitative estimate of drug-likeness (QED) is 0.216. The molecule has 0 aliphatic carbocycles. The van der Waals surface area contributed by atoms with Gasteiger partial charge in [-0.2, -0.15) is 8.78 Å². The zero-order valence-corrected chi connectivity index (χ0v) is 18.2. The molecule has 0 saturated heterocycles. The summed E-state index contributed by atoms with van der Waals surface area (Å²) in [7, 11) is 0. The van der Waals surface area contributed by atoms with Crippen LogP contribution >= 0.6 is 0 Å². The van der Waals surface area contributed by atoms with E-state index in [-0.39, 0.29) is 22.1 Å². The Hall–Kier alpha value is -4.21.